The minimum absolute atomic E-state index is 0.00986. The van der Waals surface area contributed by atoms with Crippen LogP contribution in [-0.2, 0) is 4.79 Å². The minimum atomic E-state index is 0.00986. The molecule has 2 aliphatic rings. The van der Waals surface area contributed by atoms with Gasteiger partial charge in [-0.25, -0.2) is 9.97 Å². The summed E-state index contributed by atoms with van der Waals surface area (Å²) in [7, 11) is 0. The Morgan fingerprint density at radius 1 is 1.22 bits per heavy atom. The highest BCUT2D eigenvalue weighted by molar-refractivity contribution is 5.90. The molecule has 0 bridgehead atoms. The lowest BCUT2D eigenvalue weighted by Gasteiger charge is -2.33. The first-order chi connectivity index (χ1) is 13.1. The molecule has 0 spiro atoms. The number of piperidine rings is 1. The Morgan fingerprint density at radius 2 is 2.04 bits per heavy atom. The van der Waals surface area contributed by atoms with Gasteiger partial charge in [0.15, 0.2) is 0 Å². The molecule has 146 valence electrons. The van der Waals surface area contributed by atoms with Crippen molar-refractivity contribution in [1.82, 2.24) is 20.2 Å². The molecule has 2 aromatic rings. The Morgan fingerprint density at radius 3 is 2.85 bits per heavy atom. The van der Waals surface area contributed by atoms with Crippen LogP contribution < -0.4 is 10.2 Å². The van der Waals surface area contributed by atoms with Gasteiger partial charge in [0.1, 0.15) is 17.9 Å². The molecule has 1 amide bonds. The van der Waals surface area contributed by atoms with Crippen molar-refractivity contribution in [3.63, 3.8) is 0 Å². The molecule has 4 rings (SSSR count). The summed E-state index contributed by atoms with van der Waals surface area (Å²) in [5, 5.41) is 4.12. The standard InChI is InChI=1S/C20H29N5O2/c1-14-15(2)27-20-17(14)18(22-13-23-20)25-10-5-6-16(12-25)19(26)21-7-11-24-8-3-4-9-24/h13,16H,3-12H2,1-2H3,(H,21,26). The van der Waals surface area contributed by atoms with Gasteiger partial charge in [0.2, 0.25) is 11.6 Å². The molecule has 1 atom stereocenters. The van der Waals surface area contributed by atoms with Gasteiger partial charge in [0, 0.05) is 31.7 Å². The van der Waals surface area contributed by atoms with Crippen molar-refractivity contribution in [2.45, 2.75) is 39.5 Å². The number of aromatic nitrogens is 2. The fraction of sp³-hybridized carbons (Fsp3) is 0.650. The van der Waals surface area contributed by atoms with E-state index in [1.807, 2.05) is 13.8 Å². The van der Waals surface area contributed by atoms with Gasteiger partial charge < -0.3 is 19.5 Å². The molecule has 2 aliphatic heterocycles. The number of fused-ring (bicyclic) bond motifs is 1. The number of amides is 1. The molecular weight excluding hydrogens is 342 g/mol. The van der Waals surface area contributed by atoms with Crippen LogP contribution in [0.1, 0.15) is 37.0 Å². The SMILES string of the molecule is Cc1oc2ncnc(N3CCCC(C(=O)NCCN4CCCC4)C3)c2c1C. The molecule has 0 saturated carbocycles. The number of hydrogen-bond donors (Lipinski definition) is 1. The molecule has 0 radical (unpaired) electrons. The molecule has 7 nitrogen and oxygen atoms in total. The molecule has 0 aliphatic carbocycles. The van der Waals surface area contributed by atoms with Crippen LogP contribution in [0.4, 0.5) is 5.82 Å². The zero-order valence-corrected chi connectivity index (χ0v) is 16.3. The van der Waals surface area contributed by atoms with Crippen molar-refractivity contribution in [2.75, 3.05) is 44.2 Å². The average molecular weight is 371 g/mol. The van der Waals surface area contributed by atoms with Gasteiger partial charge in [-0.2, -0.15) is 0 Å². The highest BCUT2D eigenvalue weighted by Gasteiger charge is 2.28. The van der Waals surface area contributed by atoms with Crippen molar-refractivity contribution >= 4 is 22.8 Å². The number of nitrogens with zero attached hydrogens (tertiary/aromatic N) is 4. The lowest BCUT2D eigenvalue weighted by Crippen LogP contribution is -2.45. The third-order valence-corrected chi connectivity index (χ3v) is 5.96. The quantitative estimate of drug-likeness (QED) is 0.869. The summed E-state index contributed by atoms with van der Waals surface area (Å²) in [6.07, 6.45) is 6.05. The molecule has 2 fully saturated rings. The van der Waals surface area contributed by atoms with Crippen LogP contribution in [0, 0.1) is 19.8 Å². The lowest BCUT2D eigenvalue weighted by atomic mass is 9.96. The van der Waals surface area contributed by atoms with E-state index < -0.39 is 0 Å². The zero-order valence-electron chi connectivity index (χ0n) is 16.3. The molecule has 4 heterocycles. The maximum atomic E-state index is 12.7. The Balaban J connectivity index is 1.41. The van der Waals surface area contributed by atoms with E-state index in [1.54, 1.807) is 6.33 Å². The van der Waals surface area contributed by atoms with Crippen molar-refractivity contribution in [1.29, 1.82) is 0 Å². The van der Waals surface area contributed by atoms with Gasteiger partial charge in [0.05, 0.1) is 11.3 Å². The third-order valence-electron chi connectivity index (χ3n) is 5.96. The van der Waals surface area contributed by atoms with Crippen LogP contribution in [0.25, 0.3) is 11.1 Å². The first kappa shape index (κ1) is 18.2. The summed E-state index contributed by atoms with van der Waals surface area (Å²) in [6, 6.07) is 0. The summed E-state index contributed by atoms with van der Waals surface area (Å²) in [5.74, 6) is 1.95. The summed E-state index contributed by atoms with van der Waals surface area (Å²) < 4.78 is 5.74. The predicted molar refractivity (Wildman–Crippen MR) is 105 cm³/mol. The number of nitrogens with one attached hydrogen (secondary N) is 1. The highest BCUT2D eigenvalue weighted by Crippen LogP contribution is 2.32. The monoisotopic (exact) mass is 371 g/mol. The molecule has 0 aromatic carbocycles. The van der Waals surface area contributed by atoms with Crippen LogP contribution in [-0.4, -0.2) is 60.0 Å². The van der Waals surface area contributed by atoms with E-state index in [2.05, 4.69) is 25.1 Å². The number of anilines is 1. The van der Waals surface area contributed by atoms with Crippen LogP contribution in [0.3, 0.4) is 0 Å². The predicted octanol–water partition coefficient (Wildman–Crippen LogP) is 2.27. The van der Waals surface area contributed by atoms with Gasteiger partial charge in [0.25, 0.3) is 0 Å². The second-order valence-electron chi connectivity index (χ2n) is 7.79. The van der Waals surface area contributed by atoms with E-state index >= 15 is 0 Å². The van der Waals surface area contributed by atoms with Crippen LogP contribution in [0.2, 0.25) is 0 Å². The normalized spacial score (nSPS) is 21.1. The smallest absolute Gasteiger partial charge is 0.231 e. The zero-order chi connectivity index (χ0) is 18.8. The maximum absolute atomic E-state index is 12.7. The summed E-state index contributed by atoms with van der Waals surface area (Å²) in [6.45, 7) is 9.64. The number of carbonyl (C=O) groups excluding carboxylic acids is 1. The van der Waals surface area contributed by atoms with Crippen molar-refractivity contribution in [3.8, 4) is 0 Å². The first-order valence-electron chi connectivity index (χ1n) is 10.1. The molecular formula is C20H29N5O2. The third kappa shape index (κ3) is 3.78. The summed E-state index contributed by atoms with van der Waals surface area (Å²) in [4.78, 5) is 26.1. The second-order valence-corrected chi connectivity index (χ2v) is 7.79. The Bertz CT molecular complexity index is 812. The number of likely N-dealkylation sites (tertiary alicyclic amines) is 1. The molecule has 27 heavy (non-hydrogen) atoms. The van der Waals surface area contributed by atoms with Crippen molar-refractivity contribution in [3.05, 3.63) is 17.7 Å². The van der Waals surface area contributed by atoms with Crippen molar-refractivity contribution in [2.24, 2.45) is 5.92 Å². The largest absolute Gasteiger partial charge is 0.443 e. The minimum Gasteiger partial charge on any atom is -0.443 e. The Labute approximate surface area is 160 Å². The van der Waals surface area contributed by atoms with E-state index in [9.17, 15) is 4.79 Å². The molecule has 2 saturated heterocycles. The Kier molecular flexibility index (Phi) is 5.29. The van der Waals surface area contributed by atoms with Crippen molar-refractivity contribution < 1.29 is 9.21 Å². The topological polar surface area (TPSA) is 74.5 Å². The van der Waals surface area contributed by atoms with E-state index in [4.69, 9.17) is 4.42 Å². The van der Waals surface area contributed by atoms with E-state index in [0.717, 1.165) is 55.0 Å². The molecule has 2 aromatic heterocycles. The number of hydrogen-bond acceptors (Lipinski definition) is 6. The van der Waals surface area contributed by atoms with Gasteiger partial charge in [-0.3, -0.25) is 4.79 Å². The maximum Gasteiger partial charge on any atom is 0.231 e. The van der Waals surface area contributed by atoms with Crippen LogP contribution in [0.5, 0.6) is 0 Å². The molecule has 1 unspecified atom stereocenters. The van der Waals surface area contributed by atoms with E-state index in [1.165, 1.54) is 25.9 Å². The van der Waals surface area contributed by atoms with Gasteiger partial charge in [-0.1, -0.05) is 0 Å². The van der Waals surface area contributed by atoms with Gasteiger partial charge >= 0.3 is 0 Å². The number of aryl methyl sites for hydroxylation is 2. The van der Waals surface area contributed by atoms with Crippen LogP contribution >= 0.6 is 0 Å². The fourth-order valence-electron chi connectivity index (χ4n) is 4.27. The summed E-state index contributed by atoms with van der Waals surface area (Å²) >= 11 is 0. The number of furan rings is 1. The number of carbonyl (C=O) groups is 1. The fourth-order valence-corrected chi connectivity index (χ4v) is 4.27. The van der Waals surface area contributed by atoms with E-state index in [-0.39, 0.29) is 11.8 Å². The van der Waals surface area contributed by atoms with Crippen LogP contribution in [0.15, 0.2) is 10.7 Å². The molecule has 1 N–H and O–H groups in total. The Hall–Kier alpha value is -2.15. The number of rotatable bonds is 5. The molecule has 7 heteroatoms. The second kappa shape index (κ2) is 7.84. The van der Waals surface area contributed by atoms with Gasteiger partial charge in [-0.15, -0.1) is 0 Å². The van der Waals surface area contributed by atoms with E-state index in [0.29, 0.717) is 12.3 Å². The summed E-state index contributed by atoms with van der Waals surface area (Å²) in [5.41, 5.74) is 1.71. The highest BCUT2D eigenvalue weighted by atomic mass is 16.3. The lowest BCUT2D eigenvalue weighted by molar-refractivity contribution is -0.125. The first-order valence-corrected chi connectivity index (χ1v) is 10.1. The van der Waals surface area contributed by atoms with Gasteiger partial charge in [-0.05, 0) is 52.6 Å². The average Bonchev–Trinajstić information content (AvgIpc) is 3.30.